The van der Waals surface area contributed by atoms with Crippen molar-refractivity contribution in [2.45, 2.75) is 0 Å². The van der Waals surface area contributed by atoms with Gasteiger partial charge < -0.3 is 0 Å². The summed E-state index contributed by atoms with van der Waals surface area (Å²) >= 11 is 7.54. The van der Waals surface area contributed by atoms with Gasteiger partial charge in [-0.15, -0.1) is 0 Å². The molecule has 0 atom stereocenters. The van der Waals surface area contributed by atoms with E-state index in [2.05, 4.69) is 259 Å². The molecule has 12 aromatic rings. The van der Waals surface area contributed by atoms with Gasteiger partial charge in [-0.1, -0.05) is 0 Å². The Balaban J connectivity index is 1.09. The number of pyridine rings is 2. The van der Waals surface area contributed by atoms with Gasteiger partial charge in [0.15, 0.2) is 0 Å². The zero-order valence-electron chi connectivity index (χ0n) is 33.9. The molecule has 63 heavy (non-hydrogen) atoms. The third kappa shape index (κ3) is 6.08. The van der Waals surface area contributed by atoms with Crippen molar-refractivity contribution in [3.8, 4) is 11.3 Å². The number of imidazole rings is 1. The molecule has 0 aliphatic heterocycles. The summed E-state index contributed by atoms with van der Waals surface area (Å²) in [4.78, 5) is 10.8. The molecule has 3 heterocycles. The van der Waals surface area contributed by atoms with E-state index in [-0.39, 0.29) is 0 Å². The molecule has 3 nitrogen and oxygen atoms in total. The van der Waals surface area contributed by atoms with Crippen molar-refractivity contribution in [1.82, 2.24) is 14.4 Å². The van der Waals surface area contributed by atoms with E-state index >= 15 is 0 Å². The molecule has 0 saturated carbocycles. The molecule has 0 fully saturated rings. The fourth-order valence-corrected chi connectivity index (χ4v) is 19.7. The number of hydrogen-bond donors (Lipinski definition) is 0. The van der Waals surface area contributed by atoms with E-state index in [0.717, 1.165) is 49.6 Å². The Morgan fingerprint density at radius 1 is 0.397 bits per heavy atom. The van der Waals surface area contributed by atoms with Crippen LogP contribution >= 0.6 is 11.0 Å². The molecular formula is C56H37N3P2Se2. The monoisotopic (exact) mass is 973 g/mol. The van der Waals surface area contributed by atoms with Crippen LogP contribution in [0.15, 0.2) is 225 Å². The van der Waals surface area contributed by atoms with Gasteiger partial charge in [-0.25, -0.2) is 0 Å². The Morgan fingerprint density at radius 2 is 0.921 bits per heavy atom. The topological polar surface area (TPSA) is 30.2 Å². The molecule has 3 aromatic heterocycles. The summed E-state index contributed by atoms with van der Waals surface area (Å²) in [7, 11) is 0. The van der Waals surface area contributed by atoms with E-state index in [1.807, 2.05) is 0 Å². The predicted octanol–water partition coefficient (Wildman–Crippen LogP) is 10.9. The van der Waals surface area contributed by atoms with E-state index in [0.29, 0.717) is 0 Å². The predicted molar refractivity (Wildman–Crippen MR) is 275 cm³/mol. The van der Waals surface area contributed by atoms with Crippen LogP contribution in [0, 0.1) is 0 Å². The first-order valence-electron chi connectivity index (χ1n) is 21.0. The molecule has 0 bridgehead atoms. The van der Waals surface area contributed by atoms with Crippen molar-refractivity contribution in [1.29, 1.82) is 0 Å². The average Bonchev–Trinajstić information content (AvgIpc) is 3.75. The van der Waals surface area contributed by atoms with Gasteiger partial charge in [-0.05, 0) is 0 Å². The number of fused-ring (bicyclic) bond motifs is 11. The Morgan fingerprint density at radius 3 is 1.54 bits per heavy atom. The van der Waals surface area contributed by atoms with Gasteiger partial charge in [0, 0.05) is 0 Å². The zero-order chi connectivity index (χ0) is 42.1. The van der Waals surface area contributed by atoms with Gasteiger partial charge in [-0.3, -0.25) is 0 Å². The van der Waals surface area contributed by atoms with E-state index in [9.17, 15) is 0 Å². The van der Waals surface area contributed by atoms with E-state index in [1.54, 1.807) is 0 Å². The number of rotatable bonds is 7. The molecule has 0 aliphatic carbocycles. The maximum absolute atomic E-state index is 5.40. The van der Waals surface area contributed by atoms with Gasteiger partial charge >= 0.3 is 383 Å². The maximum atomic E-state index is 5.40. The number of nitrogens with zero attached hydrogens (tertiary/aromatic N) is 3. The summed E-state index contributed by atoms with van der Waals surface area (Å²) in [6.07, 6.45) is 2.14. The van der Waals surface area contributed by atoms with Gasteiger partial charge in [0.1, 0.15) is 0 Å². The van der Waals surface area contributed by atoms with E-state index < -0.39 is 11.0 Å². The molecule has 0 spiro atoms. The van der Waals surface area contributed by atoms with Crippen LogP contribution in [0.25, 0.3) is 71.2 Å². The van der Waals surface area contributed by atoms with Crippen LogP contribution in [0.2, 0.25) is 0 Å². The molecular weight excluding hydrogens is 935 g/mol. The zero-order valence-corrected chi connectivity index (χ0v) is 39.1. The van der Waals surface area contributed by atoms with Crippen LogP contribution in [-0.2, 0) is 0 Å². The summed E-state index contributed by atoms with van der Waals surface area (Å²) in [6.45, 7) is 0. The first-order chi connectivity index (χ1) is 31.0. The summed E-state index contributed by atoms with van der Waals surface area (Å²) in [5.74, 6) is 0. The third-order valence-electron chi connectivity index (χ3n) is 12.5. The van der Waals surface area contributed by atoms with Gasteiger partial charge in [0.05, 0.1) is 0 Å². The van der Waals surface area contributed by atoms with Crippen LogP contribution in [0.4, 0.5) is 0 Å². The van der Waals surface area contributed by atoms with Crippen LogP contribution in [-0.4, -0.2) is 44.6 Å². The number of benzene rings is 9. The molecule has 12 rings (SSSR count). The van der Waals surface area contributed by atoms with Gasteiger partial charge in [0.25, 0.3) is 0 Å². The fraction of sp³-hybridized carbons (Fsp3) is 0. The second-order valence-electron chi connectivity index (χ2n) is 16.0. The summed E-state index contributed by atoms with van der Waals surface area (Å²) in [6, 6.07) is 79.5. The Kier molecular flexibility index (Phi) is 9.44. The summed E-state index contributed by atoms with van der Waals surface area (Å²) in [5, 5.41) is 15.9. The summed E-state index contributed by atoms with van der Waals surface area (Å²) in [5.41, 5.74) is 1.99. The second-order valence-corrected chi connectivity index (χ2v) is 28.4. The molecule has 0 N–H and O–H groups in total. The van der Waals surface area contributed by atoms with Crippen LogP contribution in [0.3, 0.4) is 0 Å². The second kappa shape index (κ2) is 15.4. The Labute approximate surface area is 380 Å². The minimum atomic E-state index is -2.15. The Hall–Kier alpha value is -5.98. The molecule has 7 heteroatoms. The van der Waals surface area contributed by atoms with E-state index in [4.69, 9.17) is 9.97 Å². The third-order valence-corrected chi connectivity index (χ3v) is 26.6. The average molecular weight is 972 g/mol. The van der Waals surface area contributed by atoms with Crippen LogP contribution in [0.1, 0.15) is 0 Å². The number of aromatic nitrogens is 3. The van der Waals surface area contributed by atoms with Crippen LogP contribution < -0.4 is 31.8 Å². The molecule has 0 unspecified atom stereocenters. The first kappa shape index (κ1) is 38.7. The van der Waals surface area contributed by atoms with Crippen LogP contribution in [0.5, 0.6) is 0 Å². The van der Waals surface area contributed by atoms with Crippen molar-refractivity contribution in [3.05, 3.63) is 225 Å². The standard InChI is InChI=1S/C56H37N3P2Se2/c62-60(40-17-5-1-6-18-40,41-19-7-2-8-20-41)44-31-34-51-52(36-44)59-55-45-32-30-39(35-38(45)29-33-49(55)46-25-13-16-28-50(46)56(59)58-51)54-48-27-15-14-26-47(48)53(37-57-54)61(63,42-21-9-3-10-22-42)43-23-11-4-12-24-43/h1-37H. The molecule has 0 radical (unpaired) electrons. The van der Waals surface area contributed by atoms with E-state index in [1.165, 1.54) is 53.4 Å². The van der Waals surface area contributed by atoms with Crippen molar-refractivity contribution in [3.63, 3.8) is 0 Å². The minimum absolute atomic E-state index is 0.966. The van der Waals surface area contributed by atoms with Crippen molar-refractivity contribution >= 4 is 133 Å². The molecule has 0 saturated heterocycles. The fourth-order valence-electron chi connectivity index (χ4n) is 9.58. The number of hydrogen-bond acceptors (Lipinski definition) is 2. The molecule has 9 aromatic carbocycles. The SMILES string of the molecule is [Se]=P(c1ccccc1)(c1ccccc1)c1ccc2nc3c4ccccc4c4ccc5cc(-c6ncc(P(=[Se])(c7ccccc7)c7ccccc7)c7ccccc67)ccc5c4n3c2c1. The molecule has 0 amide bonds. The summed E-state index contributed by atoms with van der Waals surface area (Å²) < 4.78 is 2.43. The Bertz CT molecular complexity index is 3770. The van der Waals surface area contributed by atoms with Crippen molar-refractivity contribution in [2.75, 3.05) is 0 Å². The van der Waals surface area contributed by atoms with Gasteiger partial charge in [0.2, 0.25) is 0 Å². The molecule has 298 valence electrons. The quantitative estimate of drug-likeness (QED) is 0.0905. The van der Waals surface area contributed by atoms with Gasteiger partial charge in [-0.2, -0.15) is 0 Å². The van der Waals surface area contributed by atoms with Crippen molar-refractivity contribution in [2.24, 2.45) is 0 Å². The first-order valence-corrected chi connectivity index (χ1v) is 29.0. The normalized spacial score (nSPS) is 12.3. The van der Waals surface area contributed by atoms with Crippen molar-refractivity contribution < 1.29 is 0 Å². The molecule has 0 aliphatic rings.